The van der Waals surface area contributed by atoms with Crippen molar-refractivity contribution in [3.63, 3.8) is 0 Å². The Balaban J connectivity index is 1.40. The maximum atomic E-state index is 13.0. The highest BCUT2D eigenvalue weighted by Crippen LogP contribution is 2.40. The lowest BCUT2D eigenvalue weighted by Gasteiger charge is -2.27. The third-order valence-electron chi connectivity index (χ3n) is 5.95. The second kappa shape index (κ2) is 8.88. The van der Waals surface area contributed by atoms with Crippen LogP contribution in [0.3, 0.4) is 0 Å². The number of amides is 1. The van der Waals surface area contributed by atoms with Gasteiger partial charge in [0.2, 0.25) is 0 Å². The molecule has 0 aliphatic carbocycles. The van der Waals surface area contributed by atoms with E-state index in [1.54, 1.807) is 41.7 Å². The van der Waals surface area contributed by atoms with E-state index in [9.17, 15) is 9.59 Å². The van der Waals surface area contributed by atoms with Crippen LogP contribution in [-0.2, 0) is 13.0 Å². The second-order valence-corrected chi connectivity index (χ2v) is 9.39. The topological polar surface area (TPSA) is 81.1 Å². The van der Waals surface area contributed by atoms with Gasteiger partial charge in [-0.15, -0.1) is 11.3 Å². The summed E-state index contributed by atoms with van der Waals surface area (Å²) in [5, 5.41) is 7.48. The minimum absolute atomic E-state index is 0.0525. The van der Waals surface area contributed by atoms with E-state index in [-0.39, 0.29) is 5.91 Å². The number of nitrogens with one attached hydrogen (secondary N) is 3. The van der Waals surface area contributed by atoms with Gasteiger partial charge in [-0.2, -0.15) is 0 Å². The first kappa shape index (κ1) is 21.5. The van der Waals surface area contributed by atoms with Crippen molar-refractivity contribution in [1.29, 1.82) is 0 Å². The summed E-state index contributed by atoms with van der Waals surface area (Å²) in [6, 6.07) is 14.2. The SMILES string of the molecule is CCOc1cc([C@@H]2NC(=O)c3c(sc4c3CC[NH+](C)C4)N2)ccc1OC(=O)c1ccccc1. The molecule has 0 bridgehead atoms. The lowest BCUT2D eigenvalue weighted by molar-refractivity contribution is -0.895. The van der Waals surface area contributed by atoms with Crippen molar-refractivity contribution in [1.82, 2.24) is 5.32 Å². The number of carbonyl (C=O) groups excluding carboxylic acids is 2. The fourth-order valence-electron chi connectivity index (χ4n) is 4.29. The van der Waals surface area contributed by atoms with Crippen LogP contribution in [0.2, 0.25) is 0 Å². The maximum Gasteiger partial charge on any atom is 0.343 e. The first-order valence-electron chi connectivity index (χ1n) is 11.1. The van der Waals surface area contributed by atoms with E-state index in [1.165, 1.54) is 15.3 Å². The van der Waals surface area contributed by atoms with Crippen LogP contribution >= 0.6 is 11.3 Å². The molecular formula is C25H26N3O4S+. The number of hydrogen-bond donors (Lipinski definition) is 3. The Morgan fingerprint density at radius 2 is 1.97 bits per heavy atom. The van der Waals surface area contributed by atoms with E-state index in [0.29, 0.717) is 23.7 Å². The molecule has 170 valence electrons. The van der Waals surface area contributed by atoms with E-state index in [1.807, 2.05) is 25.1 Å². The van der Waals surface area contributed by atoms with Gasteiger partial charge in [0, 0.05) is 6.42 Å². The maximum absolute atomic E-state index is 13.0. The summed E-state index contributed by atoms with van der Waals surface area (Å²) in [6.45, 7) is 4.27. The molecule has 7 nitrogen and oxygen atoms in total. The Morgan fingerprint density at radius 1 is 1.15 bits per heavy atom. The molecule has 1 amide bonds. The summed E-state index contributed by atoms with van der Waals surface area (Å²) in [6.07, 6.45) is 0.524. The van der Waals surface area contributed by atoms with E-state index in [4.69, 9.17) is 9.47 Å². The fraction of sp³-hybridized carbons (Fsp3) is 0.280. The van der Waals surface area contributed by atoms with Gasteiger partial charge < -0.3 is 25.0 Å². The largest absolute Gasteiger partial charge is 0.490 e. The number of hydrogen-bond acceptors (Lipinski definition) is 6. The average molecular weight is 465 g/mol. The number of esters is 1. The van der Waals surface area contributed by atoms with Crippen LogP contribution in [0.25, 0.3) is 0 Å². The molecule has 0 saturated heterocycles. The van der Waals surface area contributed by atoms with E-state index < -0.39 is 12.1 Å². The zero-order valence-corrected chi connectivity index (χ0v) is 19.4. The third-order valence-corrected chi connectivity index (χ3v) is 7.11. The fourth-order valence-corrected chi connectivity index (χ4v) is 5.68. The van der Waals surface area contributed by atoms with Gasteiger partial charge in [0.05, 0.1) is 36.2 Å². The highest BCUT2D eigenvalue weighted by molar-refractivity contribution is 7.16. The van der Waals surface area contributed by atoms with Crippen molar-refractivity contribution in [2.75, 3.05) is 25.5 Å². The van der Waals surface area contributed by atoms with Gasteiger partial charge in [0.25, 0.3) is 5.91 Å². The van der Waals surface area contributed by atoms with Crippen molar-refractivity contribution < 1.29 is 24.0 Å². The number of carbonyl (C=O) groups is 2. The number of rotatable bonds is 5. The Bertz CT molecular complexity index is 1210. The van der Waals surface area contributed by atoms with Gasteiger partial charge in [-0.25, -0.2) is 4.79 Å². The number of likely N-dealkylation sites (N-methyl/N-ethyl adjacent to an activating group) is 1. The predicted octanol–water partition coefficient (Wildman–Crippen LogP) is 2.79. The molecule has 5 rings (SSSR count). The highest BCUT2D eigenvalue weighted by atomic mass is 32.1. The summed E-state index contributed by atoms with van der Waals surface area (Å²) >= 11 is 1.67. The average Bonchev–Trinajstić information content (AvgIpc) is 3.18. The Kier molecular flexibility index (Phi) is 5.78. The second-order valence-electron chi connectivity index (χ2n) is 8.29. The Hall–Kier alpha value is -3.36. The molecule has 0 fully saturated rings. The summed E-state index contributed by atoms with van der Waals surface area (Å²) in [5.74, 6) is 0.296. The number of ether oxygens (including phenoxy) is 2. The number of fused-ring (bicyclic) bond motifs is 3. The first-order valence-corrected chi connectivity index (χ1v) is 11.9. The minimum Gasteiger partial charge on any atom is -0.490 e. The monoisotopic (exact) mass is 464 g/mol. The van der Waals surface area contributed by atoms with Crippen LogP contribution in [0.1, 0.15) is 49.8 Å². The van der Waals surface area contributed by atoms with Gasteiger partial charge in [0.15, 0.2) is 11.5 Å². The molecule has 8 heteroatoms. The molecule has 2 aliphatic rings. The summed E-state index contributed by atoms with van der Waals surface area (Å²) in [5.41, 5.74) is 3.26. The lowest BCUT2D eigenvalue weighted by atomic mass is 10.0. The predicted molar refractivity (Wildman–Crippen MR) is 126 cm³/mol. The molecule has 33 heavy (non-hydrogen) atoms. The highest BCUT2D eigenvalue weighted by Gasteiger charge is 2.34. The summed E-state index contributed by atoms with van der Waals surface area (Å²) in [7, 11) is 2.18. The molecule has 2 atom stereocenters. The molecule has 0 saturated carbocycles. The smallest absolute Gasteiger partial charge is 0.343 e. The lowest BCUT2D eigenvalue weighted by Crippen LogP contribution is -3.08. The molecule has 2 aliphatic heterocycles. The van der Waals surface area contributed by atoms with Crippen molar-refractivity contribution in [3.05, 3.63) is 75.7 Å². The number of anilines is 1. The molecular weight excluding hydrogens is 438 g/mol. The minimum atomic E-state index is -0.450. The van der Waals surface area contributed by atoms with Crippen LogP contribution in [-0.4, -0.2) is 32.1 Å². The molecule has 3 heterocycles. The van der Waals surface area contributed by atoms with Crippen molar-refractivity contribution in [3.8, 4) is 11.5 Å². The van der Waals surface area contributed by atoms with Crippen LogP contribution in [0.4, 0.5) is 5.00 Å². The van der Waals surface area contributed by atoms with Crippen LogP contribution in [0.15, 0.2) is 48.5 Å². The van der Waals surface area contributed by atoms with E-state index >= 15 is 0 Å². The van der Waals surface area contributed by atoms with E-state index in [0.717, 1.165) is 35.6 Å². The van der Waals surface area contributed by atoms with Gasteiger partial charge >= 0.3 is 5.97 Å². The number of thiophene rings is 1. The van der Waals surface area contributed by atoms with Crippen LogP contribution < -0.4 is 25.0 Å². The normalized spacial score (nSPS) is 19.0. The number of benzene rings is 2. The van der Waals surface area contributed by atoms with Crippen LogP contribution in [0.5, 0.6) is 11.5 Å². The standard InChI is InChI=1S/C25H25N3O4S/c1-3-31-19-13-16(9-10-18(19)32-25(30)15-7-5-4-6-8-15)22-26-23(29)21-17-11-12-28(2)14-20(17)33-24(21)27-22/h4-10,13,22,27H,3,11-12,14H2,1-2H3,(H,26,29)/p+1/t22-/m1/s1. The third kappa shape index (κ3) is 4.19. The van der Waals surface area contributed by atoms with E-state index in [2.05, 4.69) is 17.7 Å². The molecule has 0 radical (unpaired) electrons. The Morgan fingerprint density at radius 3 is 2.76 bits per heavy atom. The van der Waals surface area contributed by atoms with Crippen molar-refractivity contribution in [2.24, 2.45) is 0 Å². The summed E-state index contributed by atoms with van der Waals surface area (Å²) < 4.78 is 11.4. The van der Waals surface area contributed by atoms with Gasteiger partial charge in [0.1, 0.15) is 17.7 Å². The van der Waals surface area contributed by atoms with Crippen LogP contribution in [0, 0.1) is 0 Å². The van der Waals surface area contributed by atoms with Gasteiger partial charge in [-0.05, 0) is 42.3 Å². The molecule has 1 aromatic heterocycles. The Labute approximate surface area is 196 Å². The zero-order chi connectivity index (χ0) is 22.9. The van der Waals surface area contributed by atoms with Gasteiger partial charge in [-0.3, -0.25) is 4.79 Å². The molecule has 0 spiro atoms. The number of quaternary nitrogens is 1. The van der Waals surface area contributed by atoms with Crippen molar-refractivity contribution in [2.45, 2.75) is 26.1 Å². The quantitative estimate of drug-likeness (QED) is 0.400. The molecule has 1 unspecified atom stereocenters. The van der Waals surface area contributed by atoms with Crippen molar-refractivity contribution >= 4 is 28.2 Å². The molecule has 2 aromatic carbocycles. The zero-order valence-electron chi connectivity index (χ0n) is 18.6. The van der Waals surface area contributed by atoms with Gasteiger partial charge in [-0.1, -0.05) is 24.3 Å². The summed E-state index contributed by atoms with van der Waals surface area (Å²) in [4.78, 5) is 28.3. The molecule has 3 aromatic rings. The first-order chi connectivity index (χ1) is 16.0. The molecule has 3 N–H and O–H groups in total.